The first-order valence-electron chi connectivity index (χ1n) is 20.9. The van der Waals surface area contributed by atoms with Gasteiger partial charge in [-0.15, -0.1) is 0 Å². The minimum atomic E-state index is -1.75. The van der Waals surface area contributed by atoms with Crippen molar-refractivity contribution in [2.75, 3.05) is 13.2 Å². The van der Waals surface area contributed by atoms with E-state index in [1.165, 1.54) is 5.57 Å². The average molecular weight is 785 g/mol. The van der Waals surface area contributed by atoms with Gasteiger partial charge in [-0.25, -0.2) is 0 Å². The Kier molecular flexibility index (Phi) is 12.5. The van der Waals surface area contributed by atoms with E-state index >= 15 is 0 Å². The molecular weight excluding hydrogens is 712 g/mol. The van der Waals surface area contributed by atoms with Gasteiger partial charge in [0.2, 0.25) is 0 Å². The van der Waals surface area contributed by atoms with Gasteiger partial charge >= 0.3 is 0 Å². The molecule has 6 aliphatic rings. The van der Waals surface area contributed by atoms with Gasteiger partial charge in [0.1, 0.15) is 48.8 Å². The first-order chi connectivity index (χ1) is 25.6. The van der Waals surface area contributed by atoms with Crippen molar-refractivity contribution >= 4 is 0 Å². The van der Waals surface area contributed by atoms with Crippen molar-refractivity contribution in [1.29, 1.82) is 0 Å². The van der Waals surface area contributed by atoms with Crippen LogP contribution in [-0.4, -0.2) is 138 Å². The number of aliphatic hydroxyl groups is 9. The molecule has 0 aromatic heterocycles. The zero-order chi connectivity index (χ0) is 40.6. The second-order valence-electron chi connectivity index (χ2n) is 20.1. The SMILES string of the molecule is CC(C)=CCC[C@@](C)(O)[C@H]1CC[C@]2(C)[C@@H]1[C@H](O)C[C@@H]1[C@@]3(C)CC[C@H](O[C@H]4O[C@H](CO)[C@@H](O)[C@H](O)[C@H]4O[C@H]4O[C@H](CO)[C@@H](O)[C@H](O)[C@H]4O)C(C)(C)[C@@H]3CC[C@]12C. The van der Waals surface area contributed by atoms with Crippen LogP contribution in [0.5, 0.6) is 0 Å². The highest BCUT2D eigenvalue weighted by Gasteiger charge is 2.71. The lowest BCUT2D eigenvalue weighted by molar-refractivity contribution is -0.378. The first kappa shape index (κ1) is 43.8. The van der Waals surface area contributed by atoms with Crippen molar-refractivity contribution in [2.45, 2.75) is 192 Å². The topological polar surface area (TPSA) is 219 Å². The molecule has 0 amide bonds. The predicted octanol–water partition coefficient (Wildman–Crippen LogP) is 2.15. The van der Waals surface area contributed by atoms with Crippen LogP contribution >= 0.6 is 0 Å². The molecule has 6 rings (SSSR count). The maximum absolute atomic E-state index is 12.2. The molecule has 6 fully saturated rings. The summed E-state index contributed by atoms with van der Waals surface area (Å²) >= 11 is 0. The summed E-state index contributed by atoms with van der Waals surface area (Å²) in [6, 6.07) is 0. The maximum atomic E-state index is 12.2. The smallest absolute Gasteiger partial charge is 0.187 e. The van der Waals surface area contributed by atoms with E-state index in [1.807, 2.05) is 6.92 Å². The third kappa shape index (κ3) is 7.20. The number of aliphatic hydroxyl groups excluding tert-OH is 8. The first-order valence-corrected chi connectivity index (χ1v) is 20.9. The monoisotopic (exact) mass is 784 g/mol. The number of hydrogen-bond donors (Lipinski definition) is 9. The number of ether oxygens (including phenoxy) is 4. The number of hydrogen-bond acceptors (Lipinski definition) is 13. The molecule has 0 spiro atoms. The van der Waals surface area contributed by atoms with E-state index in [-0.39, 0.29) is 39.9 Å². The quantitative estimate of drug-likeness (QED) is 0.115. The van der Waals surface area contributed by atoms with Crippen molar-refractivity contribution in [3.05, 3.63) is 11.6 Å². The summed E-state index contributed by atoms with van der Waals surface area (Å²) in [4.78, 5) is 0. The van der Waals surface area contributed by atoms with Gasteiger partial charge in [0.25, 0.3) is 0 Å². The molecule has 0 bridgehead atoms. The fourth-order valence-corrected chi connectivity index (χ4v) is 13.3. The maximum Gasteiger partial charge on any atom is 0.187 e. The molecule has 13 heteroatoms. The Labute approximate surface area is 327 Å². The molecule has 2 saturated heterocycles. The van der Waals surface area contributed by atoms with Crippen LogP contribution in [0.4, 0.5) is 0 Å². The van der Waals surface area contributed by atoms with E-state index in [0.717, 1.165) is 38.5 Å². The Hall–Kier alpha value is -0.780. The van der Waals surface area contributed by atoms with Crippen LogP contribution in [-0.2, 0) is 18.9 Å². The summed E-state index contributed by atoms with van der Waals surface area (Å²) in [5.41, 5.74) is -0.405. The highest BCUT2D eigenvalue weighted by atomic mass is 16.8. The van der Waals surface area contributed by atoms with E-state index < -0.39 is 97.8 Å². The molecule has 0 radical (unpaired) electrons. The van der Waals surface area contributed by atoms with Crippen molar-refractivity contribution in [2.24, 2.45) is 45.3 Å². The molecular formula is C42H72O13. The number of allylic oxidation sites excluding steroid dienone is 2. The molecule has 55 heavy (non-hydrogen) atoms. The van der Waals surface area contributed by atoms with Crippen LogP contribution in [0.1, 0.15) is 113 Å². The van der Waals surface area contributed by atoms with Gasteiger partial charge in [-0.05, 0) is 124 Å². The lowest BCUT2D eigenvalue weighted by Gasteiger charge is -2.70. The Morgan fingerprint density at radius 3 is 1.95 bits per heavy atom. The largest absolute Gasteiger partial charge is 0.394 e. The zero-order valence-electron chi connectivity index (χ0n) is 34.3. The third-order valence-electron chi connectivity index (χ3n) is 16.6. The summed E-state index contributed by atoms with van der Waals surface area (Å²) in [5, 5.41) is 97.4. The number of fused-ring (bicyclic) bond motifs is 5. The average Bonchev–Trinajstić information content (AvgIpc) is 3.50. The van der Waals surface area contributed by atoms with Crippen LogP contribution in [0.15, 0.2) is 11.6 Å². The molecule has 2 aliphatic heterocycles. The zero-order valence-corrected chi connectivity index (χ0v) is 34.3. The highest BCUT2D eigenvalue weighted by molar-refractivity contribution is 5.20. The lowest BCUT2D eigenvalue weighted by atomic mass is 9.35. The Morgan fingerprint density at radius 2 is 1.33 bits per heavy atom. The summed E-state index contributed by atoms with van der Waals surface area (Å²) < 4.78 is 24.4. The van der Waals surface area contributed by atoms with Crippen LogP contribution in [0.2, 0.25) is 0 Å². The van der Waals surface area contributed by atoms with Gasteiger partial charge in [0.15, 0.2) is 12.6 Å². The fraction of sp³-hybridized carbons (Fsp3) is 0.952. The van der Waals surface area contributed by atoms with Crippen molar-refractivity contribution < 1.29 is 64.9 Å². The van der Waals surface area contributed by atoms with Crippen molar-refractivity contribution in [1.82, 2.24) is 0 Å². The van der Waals surface area contributed by atoms with Gasteiger partial charge in [-0.2, -0.15) is 0 Å². The summed E-state index contributed by atoms with van der Waals surface area (Å²) in [6.07, 6.45) is -6.48. The van der Waals surface area contributed by atoms with Gasteiger partial charge in [0.05, 0.1) is 31.0 Å². The van der Waals surface area contributed by atoms with Crippen LogP contribution < -0.4 is 0 Å². The molecule has 9 N–H and O–H groups in total. The van der Waals surface area contributed by atoms with Crippen LogP contribution in [0, 0.1) is 45.3 Å². The Bertz CT molecular complexity index is 1370. The number of rotatable bonds is 10. The third-order valence-corrected chi connectivity index (χ3v) is 16.6. The highest BCUT2D eigenvalue weighted by Crippen LogP contribution is 2.76. The van der Waals surface area contributed by atoms with E-state index in [9.17, 15) is 46.0 Å². The molecule has 0 aromatic rings. The Morgan fingerprint density at radius 1 is 0.727 bits per heavy atom. The Balaban J connectivity index is 1.23. The molecule has 2 heterocycles. The predicted molar refractivity (Wildman–Crippen MR) is 201 cm³/mol. The van der Waals surface area contributed by atoms with Gasteiger partial charge in [-0.1, -0.05) is 46.3 Å². The molecule has 0 unspecified atom stereocenters. The van der Waals surface area contributed by atoms with E-state index in [1.54, 1.807) is 0 Å². The second-order valence-corrected chi connectivity index (χ2v) is 20.1. The molecule has 4 aliphatic carbocycles. The van der Waals surface area contributed by atoms with Crippen molar-refractivity contribution in [3.8, 4) is 0 Å². The van der Waals surface area contributed by atoms with Gasteiger partial charge < -0.3 is 64.9 Å². The molecule has 0 aromatic carbocycles. The molecule has 4 saturated carbocycles. The second kappa shape index (κ2) is 15.7. The minimum absolute atomic E-state index is 0.00798. The fourth-order valence-electron chi connectivity index (χ4n) is 13.3. The standard InChI is InChI=1S/C42H72O13/c1-21(2)10-9-14-42(8,51)22-11-16-41(7)29(22)23(45)18-27-39(5)15-13-28(38(3,4)26(39)12-17-40(27,41)6)54-37-35(33(49)31(47)25(20-44)53-37)55-36-34(50)32(48)30(46)24(19-43)52-36/h10,22-37,43-51H,9,11-20H2,1-8H3/t22-,23+,24+,25+,26-,27+,28-,29-,30+,31+,32-,33-,34+,35+,36+,37+,39-,40+,41+,42+/m0/s1. The van der Waals surface area contributed by atoms with E-state index in [2.05, 4.69) is 54.5 Å². The molecule has 20 atom stereocenters. The van der Waals surface area contributed by atoms with Crippen LogP contribution in [0.3, 0.4) is 0 Å². The van der Waals surface area contributed by atoms with Crippen LogP contribution in [0.25, 0.3) is 0 Å². The normalized spacial score (nSPS) is 52.0. The summed E-state index contributed by atoms with van der Waals surface area (Å²) in [6.45, 7) is 16.5. The van der Waals surface area contributed by atoms with Crippen molar-refractivity contribution in [3.63, 3.8) is 0 Å². The lowest BCUT2D eigenvalue weighted by Crippen LogP contribution is -2.68. The molecule has 318 valence electrons. The van der Waals surface area contributed by atoms with Gasteiger partial charge in [-0.3, -0.25) is 0 Å². The molecule has 13 nitrogen and oxygen atoms in total. The van der Waals surface area contributed by atoms with E-state index in [4.69, 9.17) is 18.9 Å². The summed E-state index contributed by atoms with van der Waals surface area (Å²) in [5.74, 6) is 0.445. The van der Waals surface area contributed by atoms with Gasteiger partial charge in [0, 0.05) is 0 Å². The minimum Gasteiger partial charge on any atom is -0.394 e. The summed E-state index contributed by atoms with van der Waals surface area (Å²) in [7, 11) is 0. The van der Waals surface area contributed by atoms with E-state index in [0.29, 0.717) is 19.3 Å².